The third kappa shape index (κ3) is 1.44. The smallest absolute Gasteiger partial charge is 0.167 e. The van der Waals surface area contributed by atoms with E-state index in [1.807, 2.05) is 6.92 Å². The van der Waals surface area contributed by atoms with Crippen molar-refractivity contribution < 1.29 is 9.47 Å². The minimum absolute atomic E-state index is 0.00926. The Bertz CT molecular complexity index is 76.8. The number of hydrogen-bond donors (Lipinski definition) is 0. The van der Waals surface area contributed by atoms with Crippen molar-refractivity contribution in [3.05, 3.63) is 0 Å². The van der Waals surface area contributed by atoms with Gasteiger partial charge in [0.25, 0.3) is 0 Å². The topological polar surface area (TPSA) is 18.5 Å². The zero-order valence-corrected chi connectivity index (χ0v) is 6.35. The highest BCUT2D eigenvalue weighted by molar-refractivity contribution is 9.09. The van der Waals surface area contributed by atoms with Crippen LogP contribution in [0.4, 0.5) is 0 Å². The number of hydrogen-bond acceptors (Lipinski definition) is 2. The molecule has 3 heteroatoms. The first-order valence-electron chi connectivity index (χ1n) is 2.66. The Morgan fingerprint density at radius 1 is 1.75 bits per heavy atom. The molecule has 0 amide bonds. The standard InChI is InChI=1S/C5H9BrO2/c1-4-3-7-5(2-6)8-4/h4-5H,2-3H2,1H3/t4-,5-/m1/s1. The van der Waals surface area contributed by atoms with Gasteiger partial charge in [0.1, 0.15) is 0 Å². The predicted octanol–water partition coefficient (Wildman–Crippen LogP) is 1.14. The summed E-state index contributed by atoms with van der Waals surface area (Å²) in [5.41, 5.74) is 0. The van der Waals surface area contributed by atoms with E-state index in [9.17, 15) is 0 Å². The van der Waals surface area contributed by atoms with E-state index in [1.54, 1.807) is 0 Å². The van der Waals surface area contributed by atoms with E-state index in [4.69, 9.17) is 9.47 Å². The van der Waals surface area contributed by atoms with Gasteiger partial charge < -0.3 is 9.47 Å². The van der Waals surface area contributed by atoms with Crippen LogP contribution in [0.15, 0.2) is 0 Å². The van der Waals surface area contributed by atoms with Gasteiger partial charge in [-0.05, 0) is 6.92 Å². The summed E-state index contributed by atoms with van der Waals surface area (Å²) < 4.78 is 10.4. The molecule has 0 N–H and O–H groups in total. The molecule has 0 unspecified atom stereocenters. The first-order chi connectivity index (χ1) is 3.83. The minimum Gasteiger partial charge on any atom is -0.349 e. The third-order valence-electron chi connectivity index (χ3n) is 1.03. The Hall–Kier alpha value is 0.400. The highest BCUT2D eigenvalue weighted by atomic mass is 79.9. The van der Waals surface area contributed by atoms with Crippen LogP contribution in [0, 0.1) is 0 Å². The summed E-state index contributed by atoms with van der Waals surface area (Å²) in [6, 6.07) is 0. The molecular formula is C5H9BrO2. The molecule has 0 spiro atoms. The highest BCUT2D eigenvalue weighted by Gasteiger charge is 2.20. The van der Waals surface area contributed by atoms with Gasteiger partial charge in [0.05, 0.1) is 18.0 Å². The zero-order chi connectivity index (χ0) is 5.98. The second-order valence-corrected chi connectivity index (χ2v) is 2.51. The molecule has 1 aliphatic heterocycles. The molecule has 48 valence electrons. The molecular weight excluding hydrogens is 172 g/mol. The quantitative estimate of drug-likeness (QED) is 0.564. The van der Waals surface area contributed by atoms with Crippen LogP contribution in [-0.4, -0.2) is 24.3 Å². The van der Waals surface area contributed by atoms with E-state index < -0.39 is 0 Å². The largest absolute Gasteiger partial charge is 0.349 e. The molecule has 0 radical (unpaired) electrons. The summed E-state index contributed by atoms with van der Waals surface area (Å²) in [4.78, 5) is 0. The van der Waals surface area contributed by atoms with Crippen LogP contribution in [0.2, 0.25) is 0 Å². The van der Waals surface area contributed by atoms with E-state index >= 15 is 0 Å². The molecule has 1 aliphatic rings. The molecule has 0 aromatic rings. The van der Waals surface area contributed by atoms with Crippen molar-refractivity contribution in [1.29, 1.82) is 0 Å². The monoisotopic (exact) mass is 180 g/mol. The fourth-order valence-corrected chi connectivity index (χ4v) is 1.00. The highest BCUT2D eigenvalue weighted by Crippen LogP contribution is 2.11. The van der Waals surface area contributed by atoms with Crippen LogP contribution < -0.4 is 0 Å². The average molecular weight is 181 g/mol. The van der Waals surface area contributed by atoms with Crippen LogP contribution in [0.5, 0.6) is 0 Å². The number of alkyl halides is 1. The molecule has 1 heterocycles. The van der Waals surface area contributed by atoms with Gasteiger partial charge in [-0.25, -0.2) is 0 Å². The Balaban J connectivity index is 2.22. The lowest BCUT2D eigenvalue weighted by molar-refractivity contribution is -0.0342. The van der Waals surface area contributed by atoms with Gasteiger partial charge in [-0.2, -0.15) is 0 Å². The van der Waals surface area contributed by atoms with Crippen molar-refractivity contribution in [2.75, 3.05) is 11.9 Å². The predicted molar refractivity (Wildman–Crippen MR) is 34.1 cm³/mol. The van der Waals surface area contributed by atoms with Crippen LogP contribution in [0.25, 0.3) is 0 Å². The fourth-order valence-electron chi connectivity index (χ4n) is 0.661. The lowest BCUT2D eigenvalue weighted by Gasteiger charge is -2.02. The van der Waals surface area contributed by atoms with Crippen molar-refractivity contribution in [2.45, 2.75) is 19.3 Å². The molecule has 0 saturated carbocycles. The van der Waals surface area contributed by atoms with Gasteiger partial charge >= 0.3 is 0 Å². The second-order valence-electron chi connectivity index (χ2n) is 1.86. The molecule has 0 aliphatic carbocycles. The van der Waals surface area contributed by atoms with Crippen LogP contribution in [0.3, 0.4) is 0 Å². The van der Waals surface area contributed by atoms with Crippen molar-refractivity contribution in [3.8, 4) is 0 Å². The first kappa shape index (κ1) is 6.52. The lowest BCUT2D eigenvalue weighted by Crippen LogP contribution is -2.09. The molecule has 1 fully saturated rings. The van der Waals surface area contributed by atoms with Crippen molar-refractivity contribution in [1.82, 2.24) is 0 Å². The van der Waals surface area contributed by atoms with E-state index in [2.05, 4.69) is 15.9 Å². The van der Waals surface area contributed by atoms with Crippen LogP contribution in [-0.2, 0) is 9.47 Å². The summed E-state index contributed by atoms with van der Waals surface area (Å²) in [5.74, 6) is 0. The number of ether oxygens (including phenoxy) is 2. The summed E-state index contributed by atoms with van der Waals surface area (Å²) in [6.07, 6.45) is 0.266. The van der Waals surface area contributed by atoms with Crippen molar-refractivity contribution in [3.63, 3.8) is 0 Å². The molecule has 2 atom stereocenters. The first-order valence-corrected chi connectivity index (χ1v) is 3.78. The average Bonchev–Trinajstić information content (AvgIpc) is 2.14. The van der Waals surface area contributed by atoms with Crippen LogP contribution in [0.1, 0.15) is 6.92 Å². The molecule has 1 saturated heterocycles. The van der Waals surface area contributed by atoms with Crippen LogP contribution >= 0.6 is 15.9 Å². The molecule has 0 aromatic carbocycles. The Labute approximate surface area is 57.3 Å². The zero-order valence-electron chi connectivity index (χ0n) is 4.76. The van der Waals surface area contributed by atoms with Gasteiger partial charge in [0, 0.05) is 0 Å². The van der Waals surface area contributed by atoms with Gasteiger partial charge in [-0.15, -0.1) is 0 Å². The van der Waals surface area contributed by atoms with Crippen molar-refractivity contribution >= 4 is 15.9 Å². The second kappa shape index (κ2) is 2.80. The SMILES string of the molecule is C[C@@H]1CO[C@@H](CBr)O1. The van der Waals surface area contributed by atoms with E-state index in [-0.39, 0.29) is 12.4 Å². The summed E-state index contributed by atoms with van der Waals surface area (Å²) >= 11 is 3.25. The summed E-state index contributed by atoms with van der Waals surface area (Å²) in [5, 5.41) is 0.775. The maximum atomic E-state index is 5.24. The van der Waals surface area contributed by atoms with Gasteiger partial charge in [0.2, 0.25) is 0 Å². The van der Waals surface area contributed by atoms with E-state index in [0.717, 1.165) is 11.9 Å². The van der Waals surface area contributed by atoms with E-state index in [0.29, 0.717) is 0 Å². The normalized spacial score (nSPS) is 38.2. The Morgan fingerprint density at radius 2 is 2.50 bits per heavy atom. The van der Waals surface area contributed by atoms with Crippen molar-refractivity contribution in [2.24, 2.45) is 0 Å². The number of rotatable bonds is 1. The third-order valence-corrected chi connectivity index (χ3v) is 1.56. The molecule has 2 nitrogen and oxygen atoms in total. The van der Waals surface area contributed by atoms with Gasteiger partial charge in [-0.3, -0.25) is 0 Å². The number of halogens is 1. The lowest BCUT2D eigenvalue weighted by atomic mass is 10.5. The van der Waals surface area contributed by atoms with Gasteiger partial charge in [-0.1, -0.05) is 15.9 Å². The maximum absolute atomic E-state index is 5.24. The molecule has 8 heavy (non-hydrogen) atoms. The maximum Gasteiger partial charge on any atom is 0.167 e. The minimum atomic E-state index is -0.00926. The molecule has 0 aromatic heterocycles. The molecule has 0 bridgehead atoms. The molecule has 1 rings (SSSR count). The Morgan fingerprint density at radius 3 is 2.75 bits per heavy atom. The van der Waals surface area contributed by atoms with Gasteiger partial charge in [0.15, 0.2) is 6.29 Å². The summed E-state index contributed by atoms with van der Waals surface area (Å²) in [7, 11) is 0. The van der Waals surface area contributed by atoms with E-state index in [1.165, 1.54) is 0 Å². The fraction of sp³-hybridized carbons (Fsp3) is 1.00. The summed E-state index contributed by atoms with van der Waals surface area (Å²) in [6.45, 7) is 2.74. The Kier molecular flexibility index (Phi) is 2.28.